The van der Waals surface area contributed by atoms with Crippen LogP contribution in [0.4, 0.5) is 11.5 Å². The van der Waals surface area contributed by atoms with Crippen molar-refractivity contribution in [2.45, 2.75) is 25.3 Å². The van der Waals surface area contributed by atoms with Crippen molar-refractivity contribution in [1.29, 1.82) is 0 Å². The highest BCUT2D eigenvalue weighted by molar-refractivity contribution is 6.32. The summed E-state index contributed by atoms with van der Waals surface area (Å²) in [5, 5.41) is 7.03. The lowest BCUT2D eigenvalue weighted by molar-refractivity contribution is 0.154. The van der Waals surface area contributed by atoms with Crippen molar-refractivity contribution < 1.29 is 4.74 Å². The Morgan fingerprint density at radius 1 is 1.32 bits per heavy atom. The van der Waals surface area contributed by atoms with E-state index in [1.807, 2.05) is 7.05 Å². The van der Waals surface area contributed by atoms with Gasteiger partial charge in [0.25, 0.3) is 0 Å². The van der Waals surface area contributed by atoms with E-state index in [0.29, 0.717) is 11.2 Å². The second kappa shape index (κ2) is 7.44. The number of nitrogens with zero attached hydrogens (tertiary/aromatic N) is 3. The zero-order valence-corrected chi connectivity index (χ0v) is 13.8. The number of ether oxygens (including phenoxy) is 1. The van der Waals surface area contributed by atoms with E-state index in [2.05, 4.69) is 25.5 Å². The van der Waals surface area contributed by atoms with Gasteiger partial charge in [0.15, 0.2) is 11.0 Å². The molecule has 1 atom stereocenters. The number of rotatable bonds is 5. The molecule has 3 heterocycles. The van der Waals surface area contributed by atoms with Gasteiger partial charge in [-0.15, -0.1) is 0 Å². The Bertz CT molecular complexity index is 487. The number of halogens is 1. The Balaban J connectivity index is 1.50. The van der Waals surface area contributed by atoms with Gasteiger partial charge in [0, 0.05) is 39.3 Å². The standard InChI is InChI=1S/C15H24ClN5O/c1-17-13-14(16)18-10-19-15(13)20-12-2-5-21(6-3-12)8-11-4-7-22-9-11/h10-12,17H,2-9H2,1H3,(H,18,19,20). The molecule has 22 heavy (non-hydrogen) atoms. The highest BCUT2D eigenvalue weighted by Gasteiger charge is 2.24. The first-order valence-electron chi connectivity index (χ1n) is 8.01. The molecule has 0 aliphatic carbocycles. The van der Waals surface area contributed by atoms with Crippen LogP contribution in [0.25, 0.3) is 0 Å². The molecule has 0 bridgehead atoms. The summed E-state index contributed by atoms with van der Waals surface area (Å²) in [7, 11) is 1.84. The van der Waals surface area contributed by atoms with E-state index in [9.17, 15) is 0 Å². The minimum absolute atomic E-state index is 0.439. The number of anilines is 2. The summed E-state index contributed by atoms with van der Waals surface area (Å²) in [6.07, 6.45) is 4.96. The zero-order chi connectivity index (χ0) is 15.4. The molecule has 1 aromatic heterocycles. The maximum atomic E-state index is 6.09. The quantitative estimate of drug-likeness (QED) is 0.808. The third kappa shape index (κ3) is 3.80. The van der Waals surface area contributed by atoms with E-state index in [-0.39, 0.29) is 0 Å². The van der Waals surface area contributed by atoms with E-state index >= 15 is 0 Å². The fourth-order valence-electron chi connectivity index (χ4n) is 3.24. The van der Waals surface area contributed by atoms with E-state index in [1.165, 1.54) is 19.3 Å². The van der Waals surface area contributed by atoms with Gasteiger partial charge in [-0.2, -0.15) is 0 Å². The number of likely N-dealkylation sites (tertiary alicyclic amines) is 1. The number of nitrogens with one attached hydrogen (secondary N) is 2. The zero-order valence-electron chi connectivity index (χ0n) is 13.0. The van der Waals surface area contributed by atoms with Crippen molar-refractivity contribution in [3.63, 3.8) is 0 Å². The van der Waals surface area contributed by atoms with Crippen LogP contribution in [-0.4, -0.2) is 60.8 Å². The van der Waals surface area contributed by atoms with E-state index < -0.39 is 0 Å². The Hall–Kier alpha value is -1.11. The monoisotopic (exact) mass is 325 g/mol. The molecular formula is C15H24ClN5O. The number of hydrogen-bond donors (Lipinski definition) is 2. The molecule has 2 saturated heterocycles. The SMILES string of the molecule is CNc1c(Cl)ncnc1NC1CCN(CC2CCOC2)CC1. The first-order valence-corrected chi connectivity index (χ1v) is 8.39. The minimum Gasteiger partial charge on any atom is -0.383 e. The van der Waals surface area contributed by atoms with Crippen LogP contribution in [0, 0.1) is 5.92 Å². The summed E-state index contributed by atoms with van der Waals surface area (Å²) in [6, 6.07) is 0.439. The van der Waals surface area contributed by atoms with Crippen molar-refractivity contribution in [3.8, 4) is 0 Å². The topological polar surface area (TPSA) is 62.3 Å². The lowest BCUT2D eigenvalue weighted by atomic mass is 10.0. The molecule has 6 nitrogen and oxygen atoms in total. The van der Waals surface area contributed by atoms with E-state index in [0.717, 1.165) is 56.6 Å². The first-order chi connectivity index (χ1) is 10.8. The summed E-state index contributed by atoms with van der Waals surface area (Å²) < 4.78 is 5.46. The summed E-state index contributed by atoms with van der Waals surface area (Å²) in [6.45, 7) is 5.30. The molecule has 2 aliphatic heterocycles. The molecule has 1 aromatic rings. The Labute approximate surface area is 136 Å². The van der Waals surface area contributed by atoms with E-state index in [4.69, 9.17) is 16.3 Å². The molecule has 2 aliphatic rings. The predicted molar refractivity (Wildman–Crippen MR) is 88.6 cm³/mol. The van der Waals surface area contributed by atoms with Gasteiger partial charge in [-0.3, -0.25) is 0 Å². The Morgan fingerprint density at radius 2 is 2.14 bits per heavy atom. The fraction of sp³-hybridized carbons (Fsp3) is 0.733. The molecular weight excluding hydrogens is 302 g/mol. The molecule has 2 fully saturated rings. The predicted octanol–water partition coefficient (Wildman–Crippen LogP) is 2.08. The molecule has 0 saturated carbocycles. The molecule has 0 aromatic carbocycles. The van der Waals surface area contributed by atoms with Gasteiger partial charge in [0.2, 0.25) is 0 Å². The maximum absolute atomic E-state index is 6.09. The smallest absolute Gasteiger partial charge is 0.157 e. The largest absolute Gasteiger partial charge is 0.383 e. The van der Waals surface area contributed by atoms with Gasteiger partial charge in [-0.1, -0.05) is 11.6 Å². The van der Waals surface area contributed by atoms with Crippen LogP contribution < -0.4 is 10.6 Å². The number of aromatic nitrogens is 2. The van der Waals surface area contributed by atoms with Crippen LogP contribution >= 0.6 is 11.6 Å². The average molecular weight is 326 g/mol. The van der Waals surface area contributed by atoms with Crippen molar-refractivity contribution >= 4 is 23.1 Å². The third-order valence-electron chi connectivity index (χ3n) is 4.52. The molecule has 7 heteroatoms. The lowest BCUT2D eigenvalue weighted by Gasteiger charge is -2.34. The summed E-state index contributed by atoms with van der Waals surface area (Å²) >= 11 is 6.09. The van der Waals surface area contributed by atoms with Crippen molar-refractivity contribution in [3.05, 3.63) is 11.5 Å². The minimum atomic E-state index is 0.439. The summed E-state index contributed by atoms with van der Waals surface area (Å²) in [5.74, 6) is 1.52. The molecule has 1 unspecified atom stereocenters. The molecule has 122 valence electrons. The summed E-state index contributed by atoms with van der Waals surface area (Å²) in [5.41, 5.74) is 0.773. The molecule has 0 amide bonds. The summed E-state index contributed by atoms with van der Waals surface area (Å²) in [4.78, 5) is 10.9. The molecule has 3 rings (SSSR count). The van der Waals surface area contributed by atoms with Crippen molar-refractivity contribution in [2.75, 3.05) is 50.5 Å². The molecule has 0 radical (unpaired) electrons. The van der Waals surface area contributed by atoms with Gasteiger partial charge in [-0.25, -0.2) is 9.97 Å². The molecule has 2 N–H and O–H groups in total. The van der Waals surface area contributed by atoms with Crippen LogP contribution in [0.2, 0.25) is 5.15 Å². The van der Waals surface area contributed by atoms with Crippen LogP contribution in [0.15, 0.2) is 6.33 Å². The number of piperidine rings is 1. The maximum Gasteiger partial charge on any atom is 0.157 e. The van der Waals surface area contributed by atoms with Crippen LogP contribution in [0.3, 0.4) is 0 Å². The molecule has 0 spiro atoms. The lowest BCUT2D eigenvalue weighted by Crippen LogP contribution is -2.41. The van der Waals surface area contributed by atoms with Crippen LogP contribution in [0.1, 0.15) is 19.3 Å². The van der Waals surface area contributed by atoms with Crippen LogP contribution in [-0.2, 0) is 4.74 Å². The highest BCUT2D eigenvalue weighted by Crippen LogP contribution is 2.27. The first kappa shape index (κ1) is 15.8. The van der Waals surface area contributed by atoms with Crippen LogP contribution in [0.5, 0.6) is 0 Å². The highest BCUT2D eigenvalue weighted by atomic mass is 35.5. The second-order valence-corrected chi connectivity index (χ2v) is 6.44. The Kier molecular flexibility index (Phi) is 5.33. The third-order valence-corrected chi connectivity index (χ3v) is 4.81. The van der Waals surface area contributed by atoms with Crippen molar-refractivity contribution in [1.82, 2.24) is 14.9 Å². The van der Waals surface area contributed by atoms with Gasteiger partial charge in [0.05, 0.1) is 6.61 Å². The van der Waals surface area contributed by atoms with Gasteiger partial charge < -0.3 is 20.3 Å². The normalized spacial score (nSPS) is 23.6. The van der Waals surface area contributed by atoms with Gasteiger partial charge in [-0.05, 0) is 25.2 Å². The van der Waals surface area contributed by atoms with Crippen molar-refractivity contribution in [2.24, 2.45) is 5.92 Å². The number of hydrogen-bond acceptors (Lipinski definition) is 6. The average Bonchev–Trinajstić information content (AvgIpc) is 3.02. The van der Waals surface area contributed by atoms with Gasteiger partial charge >= 0.3 is 0 Å². The van der Waals surface area contributed by atoms with E-state index in [1.54, 1.807) is 0 Å². The van der Waals surface area contributed by atoms with Gasteiger partial charge in [0.1, 0.15) is 12.0 Å². The fourth-order valence-corrected chi connectivity index (χ4v) is 3.47. The Morgan fingerprint density at radius 3 is 2.82 bits per heavy atom. The second-order valence-electron chi connectivity index (χ2n) is 6.09.